The number of rotatable bonds is 6. The van der Waals surface area contributed by atoms with Crippen molar-refractivity contribution < 1.29 is 14.3 Å². The zero-order valence-electron chi connectivity index (χ0n) is 16.3. The first kappa shape index (κ1) is 20.2. The van der Waals surface area contributed by atoms with Crippen molar-refractivity contribution in [3.05, 3.63) is 94.9 Å². The molecule has 4 nitrogen and oxygen atoms in total. The van der Waals surface area contributed by atoms with Gasteiger partial charge in [-0.15, -0.1) is 0 Å². The predicted molar refractivity (Wildman–Crippen MR) is 126 cm³/mol. The number of anilines is 1. The Morgan fingerprint density at radius 1 is 0.967 bits per heavy atom. The molecule has 1 heterocycles. The summed E-state index contributed by atoms with van der Waals surface area (Å²) in [6, 6.07) is 24.9. The molecule has 0 unspecified atom stereocenters. The van der Waals surface area contributed by atoms with Gasteiger partial charge in [-0.1, -0.05) is 66.4 Å². The van der Waals surface area contributed by atoms with Crippen LogP contribution in [-0.2, 0) is 11.4 Å². The molecule has 0 bridgehead atoms. The monoisotopic (exact) mass is 433 g/mol. The maximum Gasteiger partial charge on any atom is 0.270 e. The smallest absolute Gasteiger partial charge is 0.270 e. The van der Waals surface area contributed by atoms with Crippen LogP contribution in [0.2, 0.25) is 0 Å². The van der Waals surface area contributed by atoms with Crippen LogP contribution in [0.5, 0.6) is 11.5 Å². The minimum absolute atomic E-state index is 0.134. The lowest BCUT2D eigenvalue weighted by molar-refractivity contribution is -0.113. The topological polar surface area (TPSA) is 38.8 Å². The zero-order valence-corrected chi connectivity index (χ0v) is 17.9. The highest BCUT2D eigenvalue weighted by molar-refractivity contribution is 8.27. The van der Waals surface area contributed by atoms with Gasteiger partial charge in [-0.3, -0.25) is 9.69 Å². The first-order valence-corrected chi connectivity index (χ1v) is 10.6. The highest BCUT2D eigenvalue weighted by atomic mass is 32.2. The molecule has 6 heteroatoms. The summed E-state index contributed by atoms with van der Waals surface area (Å²) in [6.07, 6.45) is 1.85. The van der Waals surface area contributed by atoms with Crippen LogP contribution in [0.3, 0.4) is 0 Å². The average molecular weight is 434 g/mol. The Morgan fingerprint density at radius 3 is 2.47 bits per heavy atom. The summed E-state index contributed by atoms with van der Waals surface area (Å²) in [7, 11) is 1.61. The van der Waals surface area contributed by atoms with Crippen molar-refractivity contribution in [1.82, 2.24) is 0 Å². The van der Waals surface area contributed by atoms with Crippen molar-refractivity contribution >= 4 is 46.0 Å². The molecule has 3 aromatic rings. The summed E-state index contributed by atoms with van der Waals surface area (Å²) in [5.74, 6) is 1.34. The molecule has 0 radical (unpaired) electrons. The van der Waals surface area contributed by atoms with E-state index in [1.165, 1.54) is 11.8 Å². The molecule has 150 valence electrons. The molecular formula is C24H19NO3S2. The number of nitrogens with zero attached hydrogens (tertiary/aromatic N) is 1. The molecule has 0 atom stereocenters. The van der Waals surface area contributed by atoms with Crippen molar-refractivity contribution in [2.75, 3.05) is 12.0 Å². The van der Waals surface area contributed by atoms with Gasteiger partial charge in [0.05, 0.1) is 17.7 Å². The molecule has 0 aliphatic carbocycles. The second kappa shape index (κ2) is 9.15. The Balaban J connectivity index is 1.50. The number of hydrogen-bond acceptors (Lipinski definition) is 5. The number of ether oxygens (including phenoxy) is 2. The third kappa shape index (κ3) is 4.56. The first-order valence-electron chi connectivity index (χ1n) is 9.33. The van der Waals surface area contributed by atoms with Crippen LogP contribution in [0.25, 0.3) is 6.08 Å². The van der Waals surface area contributed by atoms with Crippen LogP contribution in [0, 0.1) is 0 Å². The minimum atomic E-state index is -0.134. The van der Waals surface area contributed by atoms with Crippen LogP contribution in [-0.4, -0.2) is 17.3 Å². The Bertz CT molecular complexity index is 1090. The van der Waals surface area contributed by atoms with Crippen LogP contribution in [0.4, 0.5) is 5.69 Å². The molecule has 1 amide bonds. The molecule has 0 N–H and O–H groups in total. The molecular weight excluding hydrogens is 414 g/mol. The maximum atomic E-state index is 13.0. The molecule has 30 heavy (non-hydrogen) atoms. The van der Waals surface area contributed by atoms with Gasteiger partial charge in [-0.2, -0.15) is 0 Å². The fourth-order valence-corrected chi connectivity index (χ4v) is 4.31. The number of thiocarbonyl (C=S) groups is 1. The highest BCUT2D eigenvalue weighted by Gasteiger charge is 2.33. The van der Waals surface area contributed by atoms with Crippen LogP contribution >= 0.6 is 24.0 Å². The van der Waals surface area contributed by atoms with E-state index in [0.717, 1.165) is 28.3 Å². The van der Waals surface area contributed by atoms with Gasteiger partial charge in [0.25, 0.3) is 5.91 Å². The highest BCUT2D eigenvalue weighted by Crippen LogP contribution is 2.36. The van der Waals surface area contributed by atoms with E-state index in [1.54, 1.807) is 12.0 Å². The van der Waals surface area contributed by atoms with E-state index < -0.39 is 0 Å². The number of carbonyl (C=O) groups is 1. The molecule has 1 aliphatic heterocycles. The molecule has 1 aliphatic rings. The number of methoxy groups -OCH3 is 1. The predicted octanol–water partition coefficient (Wildman–Crippen LogP) is 5.68. The van der Waals surface area contributed by atoms with Crippen molar-refractivity contribution in [3.8, 4) is 11.5 Å². The lowest BCUT2D eigenvalue weighted by atomic mass is 10.2. The van der Waals surface area contributed by atoms with E-state index in [2.05, 4.69) is 0 Å². The lowest BCUT2D eigenvalue weighted by Crippen LogP contribution is -2.27. The maximum absolute atomic E-state index is 13.0. The largest absolute Gasteiger partial charge is 0.497 e. The van der Waals surface area contributed by atoms with E-state index in [1.807, 2.05) is 84.9 Å². The molecule has 0 saturated carbocycles. The summed E-state index contributed by atoms with van der Waals surface area (Å²) in [5, 5.41) is 0. The van der Waals surface area contributed by atoms with Crippen LogP contribution in [0.1, 0.15) is 11.1 Å². The molecule has 0 aromatic heterocycles. The van der Waals surface area contributed by atoms with E-state index in [0.29, 0.717) is 15.8 Å². The van der Waals surface area contributed by atoms with E-state index in [4.69, 9.17) is 21.7 Å². The van der Waals surface area contributed by atoms with Crippen LogP contribution in [0.15, 0.2) is 83.8 Å². The lowest BCUT2D eigenvalue weighted by Gasteiger charge is -2.14. The molecule has 1 fully saturated rings. The Kier molecular flexibility index (Phi) is 6.16. The summed E-state index contributed by atoms with van der Waals surface area (Å²) < 4.78 is 11.6. The summed E-state index contributed by atoms with van der Waals surface area (Å²) in [5.41, 5.74) is 2.71. The molecule has 4 rings (SSSR count). The number of carbonyl (C=O) groups excluding carboxylic acids is 1. The summed E-state index contributed by atoms with van der Waals surface area (Å²) >= 11 is 6.74. The van der Waals surface area contributed by atoms with Gasteiger partial charge in [0.2, 0.25) is 0 Å². The van der Waals surface area contributed by atoms with Crippen molar-refractivity contribution in [3.63, 3.8) is 0 Å². The second-order valence-electron chi connectivity index (χ2n) is 6.56. The number of amides is 1. The van der Waals surface area contributed by atoms with Crippen molar-refractivity contribution in [1.29, 1.82) is 0 Å². The minimum Gasteiger partial charge on any atom is -0.497 e. The second-order valence-corrected chi connectivity index (χ2v) is 8.24. The van der Waals surface area contributed by atoms with Gasteiger partial charge in [0.15, 0.2) is 4.32 Å². The third-order valence-electron chi connectivity index (χ3n) is 4.53. The standard InChI is InChI=1S/C24H19NO3S2/c1-27-20-12-10-19(11-13-20)25-23(26)22(30-24(25)29)15-18-8-5-9-21(14-18)28-16-17-6-3-2-4-7-17/h2-15H,16H2,1H3/b22-15+. The SMILES string of the molecule is COc1ccc(N2C(=O)/C(=C\c3cccc(OCc4ccccc4)c3)SC2=S)cc1. The van der Waals surface area contributed by atoms with Gasteiger partial charge in [0, 0.05) is 0 Å². The normalized spacial score (nSPS) is 15.0. The number of benzene rings is 3. The van der Waals surface area contributed by atoms with E-state index >= 15 is 0 Å². The Labute approximate surface area is 185 Å². The van der Waals surface area contributed by atoms with Crippen LogP contribution < -0.4 is 14.4 Å². The average Bonchev–Trinajstić information content (AvgIpc) is 3.06. The quantitative estimate of drug-likeness (QED) is 0.369. The summed E-state index contributed by atoms with van der Waals surface area (Å²) in [6.45, 7) is 0.490. The first-order chi connectivity index (χ1) is 14.6. The number of thioether (sulfide) groups is 1. The molecule has 0 spiro atoms. The molecule has 3 aromatic carbocycles. The van der Waals surface area contributed by atoms with Crippen molar-refractivity contribution in [2.45, 2.75) is 6.61 Å². The van der Waals surface area contributed by atoms with Gasteiger partial charge >= 0.3 is 0 Å². The fraction of sp³-hybridized carbons (Fsp3) is 0.0833. The third-order valence-corrected chi connectivity index (χ3v) is 5.83. The summed E-state index contributed by atoms with van der Waals surface area (Å²) in [4.78, 5) is 15.1. The van der Waals surface area contributed by atoms with Gasteiger partial charge in [-0.25, -0.2) is 0 Å². The number of hydrogen-bond donors (Lipinski definition) is 0. The van der Waals surface area contributed by atoms with Crippen molar-refractivity contribution in [2.24, 2.45) is 0 Å². The van der Waals surface area contributed by atoms with Gasteiger partial charge in [-0.05, 0) is 53.6 Å². The van der Waals surface area contributed by atoms with Gasteiger partial charge < -0.3 is 9.47 Å². The Morgan fingerprint density at radius 2 is 1.73 bits per heavy atom. The Hall–Kier alpha value is -3.09. The zero-order chi connectivity index (χ0) is 20.9. The van der Waals surface area contributed by atoms with E-state index in [9.17, 15) is 4.79 Å². The van der Waals surface area contributed by atoms with Gasteiger partial charge in [0.1, 0.15) is 18.1 Å². The molecule has 1 saturated heterocycles. The van der Waals surface area contributed by atoms with E-state index in [-0.39, 0.29) is 5.91 Å². The fourth-order valence-electron chi connectivity index (χ4n) is 3.01.